The van der Waals surface area contributed by atoms with Crippen molar-refractivity contribution < 1.29 is 73.0 Å². The average molecular weight is 555 g/mol. The van der Waals surface area contributed by atoms with E-state index in [0.717, 1.165) is 0 Å². The van der Waals surface area contributed by atoms with E-state index in [1.807, 2.05) is 6.92 Å². The van der Waals surface area contributed by atoms with Crippen LogP contribution < -0.4 is 34.7 Å². The molecule has 0 saturated heterocycles. The first kappa shape index (κ1) is 32.9. The van der Waals surface area contributed by atoms with Gasteiger partial charge in [0.15, 0.2) is 5.78 Å². The summed E-state index contributed by atoms with van der Waals surface area (Å²) in [5.74, 6) is -3.60. The van der Waals surface area contributed by atoms with Crippen LogP contribution in [0.2, 0.25) is 0 Å². The molecule has 0 radical (unpaired) electrons. The van der Waals surface area contributed by atoms with Crippen molar-refractivity contribution in [2.24, 2.45) is 28.8 Å². The van der Waals surface area contributed by atoms with E-state index in [1.165, 1.54) is 12.5 Å². The molecule has 12 heteroatoms. The van der Waals surface area contributed by atoms with E-state index in [9.17, 15) is 29.4 Å². The number of aliphatic hydroxyl groups is 1. The first-order valence-corrected chi connectivity index (χ1v) is 13.0. The molecule has 0 spiro atoms. The second-order valence-corrected chi connectivity index (χ2v) is 10.2. The Morgan fingerprint density at radius 2 is 2.05 bits per heavy atom. The summed E-state index contributed by atoms with van der Waals surface area (Å²) in [6.07, 6.45) is 3.62. The van der Waals surface area contributed by atoms with Gasteiger partial charge in [-0.15, -0.1) is 0 Å². The molecular formula is C27H35N2NaO9. The SMILES string of the molecule is CCC(C)C(=O)OC1CCC(=NOCc2cnoc2)C2=CC(=O)C(C)C(CCC(=O)CC(O)CC(=O)[O-])C21.[Na+]. The molecule has 0 bridgehead atoms. The van der Waals surface area contributed by atoms with Gasteiger partial charge in [0, 0.05) is 37.1 Å². The zero-order chi connectivity index (χ0) is 27.8. The van der Waals surface area contributed by atoms with Crippen molar-refractivity contribution in [3.05, 3.63) is 29.7 Å². The number of aliphatic hydroxyl groups excluding tert-OH is 1. The third-order valence-corrected chi connectivity index (χ3v) is 7.40. The molecule has 11 nitrogen and oxygen atoms in total. The second kappa shape index (κ2) is 15.4. The molecule has 1 fully saturated rings. The first-order valence-electron chi connectivity index (χ1n) is 13.0. The Morgan fingerprint density at radius 1 is 1.31 bits per heavy atom. The third-order valence-electron chi connectivity index (χ3n) is 7.40. The number of Topliss-reactive ketones (excluding diaryl/α,β-unsaturated/α-hetero) is 1. The number of carbonyl (C=O) groups excluding carboxylic acids is 4. The van der Waals surface area contributed by atoms with E-state index in [4.69, 9.17) is 14.1 Å². The van der Waals surface area contributed by atoms with Crippen LogP contribution in [0.3, 0.4) is 0 Å². The topological polar surface area (TPSA) is 168 Å². The Labute approximate surface area is 249 Å². The summed E-state index contributed by atoms with van der Waals surface area (Å²) in [6.45, 7) is 5.62. The molecule has 39 heavy (non-hydrogen) atoms. The van der Waals surface area contributed by atoms with Crippen molar-refractivity contribution in [2.75, 3.05) is 0 Å². The van der Waals surface area contributed by atoms with Gasteiger partial charge >= 0.3 is 35.5 Å². The van der Waals surface area contributed by atoms with E-state index >= 15 is 0 Å². The van der Waals surface area contributed by atoms with E-state index in [2.05, 4.69) is 10.3 Å². The number of aromatic nitrogens is 1. The van der Waals surface area contributed by atoms with Gasteiger partial charge in [-0.2, -0.15) is 0 Å². The summed E-state index contributed by atoms with van der Waals surface area (Å²) < 4.78 is 10.7. The molecular weight excluding hydrogens is 519 g/mol. The molecule has 0 aromatic carbocycles. The molecule has 1 heterocycles. The van der Waals surface area contributed by atoms with Crippen LogP contribution in [0.5, 0.6) is 0 Å². The number of carboxylic acids is 1. The van der Waals surface area contributed by atoms with E-state index < -0.39 is 30.5 Å². The van der Waals surface area contributed by atoms with E-state index in [-0.39, 0.29) is 84.3 Å². The van der Waals surface area contributed by atoms with Crippen LogP contribution in [-0.2, 0) is 35.4 Å². The van der Waals surface area contributed by atoms with Gasteiger partial charge in [-0.25, -0.2) is 0 Å². The number of hydrogen-bond acceptors (Lipinski definition) is 11. The predicted molar refractivity (Wildman–Crippen MR) is 131 cm³/mol. The van der Waals surface area contributed by atoms with Gasteiger partial charge in [-0.05, 0) is 43.3 Å². The number of carboxylic acid groups (broad SMARTS) is 1. The van der Waals surface area contributed by atoms with Crippen molar-refractivity contribution in [1.29, 1.82) is 0 Å². The molecule has 1 aromatic heterocycles. The minimum absolute atomic E-state index is 0. The van der Waals surface area contributed by atoms with Crippen LogP contribution in [0.25, 0.3) is 0 Å². The fourth-order valence-corrected chi connectivity index (χ4v) is 5.02. The molecule has 0 aliphatic heterocycles. The number of ketones is 2. The van der Waals surface area contributed by atoms with Crippen molar-refractivity contribution in [2.45, 2.75) is 84.5 Å². The zero-order valence-corrected chi connectivity index (χ0v) is 25.0. The molecule has 208 valence electrons. The second-order valence-electron chi connectivity index (χ2n) is 10.2. The average Bonchev–Trinajstić information content (AvgIpc) is 3.38. The summed E-state index contributed by atoms with van der Waals surface area (Å²) in [5.41, 5.74) is 1.92. The maximum atomic E-state index is 13.0. The summed E-state index contributed by atoms with van der Waals surface area (Å²) in [5, 5.41) is 28.4. The number of allylic oxidation sites excluding steroid dienone is 1. The largest absolute Gasteiger partial charge is 1.00 e. The Kier molecular flexibility index (Phi) is 13.0. The van der Waals surface area contributed by atoms with E-state index in [1.54, 1.807) is 19.9 Å². The molecule has 6 atom stereocenters. The first-order chi connectivity index (χ1) is 18.1. The summed E-state index contributed by atoms with van der Waals surface area (Å²) >= 11 is 0. The Morgan fingerprint density at radius 3 is 2.69 bits per heavy atom. The maximum absolute atomic E-state index is 13.0. The van der Waals surface area contributed by atoms with Gasteiger partial charge in [-0.3, -0.25) is 14.4 Å². The molecule has 1 aromatic rings. The van der Waals surface area contributed by atoms with Crippen LogP contribution in [-0.4, -0.2) is 51.7 Å². The molecule has 3 rings (SSSR count). The van der Waals surface area contributed by atoms with Crippen LogP contribution in [0.1, 0.15) is 71.3 Å². The number of oxime groups is 1. The summed E-state index contributed by atoms with van der Waals surface area (Å²) in [6, 6.07) is 0. The molecule has 6 unspecified atom stereocenters. The summed E-state index contributed by atoms with van der Waals surface area (Å²) in [7, 11) is 0. The minimum atomic E-state index is -1.43. The Balaban J connectivity index is 0.00000533. The number of esters is 1. The number of ether oxygens (including phenoxy) is 1. The van der Waals surface area contributed by atoms with Crippen molar-refractivity contribution in [3.63, 3.8) is 0 Å². The van der Waals surface area contributed by atoms with Crippen molar-refractivity contribution in [1.82, 2.24) is 5.16 Å². The van der Waals surface area contributed by atoms with Crippen molar-refractivity contribution in [3.8, 4) is 0 Å². The van der Waals surface area contributed by atoms with Gasteiger partial charge in [0.05, 0.1) is 29.5 Å². The van der Waals surface area contributed by atoms with Crippen LogP contribution in [0.4, 0.5) is 0 Å². The Hall–Kier alpha value is -2.34. The van der Waals surface area contributed by atoms with Crippen LogP contribution in [0, 0.1) is 23.7 Å². The minimum Gasteiger partial charge on any atom is -0.550 e. The maximum Gasteiger partial charge on any atom is 1.00 e. The van der Waals surface area contributed by atoms with Gasteiger partial charge in [0.1, 0.15) is 24.8 Å². The predicted octanol–water partition coefficient (Wildman–Crippen LogP) is -1.08. The quantitative estimate of drug-likeness (QED) is 0.180. The standard InChI is InChI=1S/C27H36N2O9.Na/c1-4-15(2)27(35)38-24-8-7-22(29-37-14-17-12-28-36-13-17)21-11-23(32)16(3)20(26(21)24)6-5-18(30)9-19(31)10-25(33)34;/h11-13,15-16,19-20,24,26,31H,4-10,14H2,1-3H3,(H,33,34);/q;+1/p-1. The fraction of sp³-hybridized carbons (Fsp3) is 0.630. The number of carbonyl (C=O) groups is 4. The number of fused-ring (bicyclic) bond motifs is 1. The number of nitrogens with zero attached hydrogens (tertiary/aromatic N) is 2. The number of rotatable bonds is 13. The fourth-order valence-electron chi connectivity index (χ4n) is 5.02. The van der Waals surface area contributed by atoms with Gasteiger partial charge < -0.3 is 29.1 Å². The van der Waals surface area contributed by atoms with E-state index in [0.29, 0.717) is 42.5 Å². The molecule has 2 aliphatic rings. The molecule has 1 saturated carbocycles. The third kappa shape index (κ3) is 9.09. The zero-order valence-electron chi connectivity index (χ0n) is 23.0. The molecule has 0 amide bonds. The monoisotopic (exact) mass is 554 g/mol. The van der Waals surface area contributed by atoms with Gasteiger partial charge in [0.2, 0.25) is 0 Å². The van der Waals surface area contributed by atoms with Gasteiger partial charge in [0.25, 0.3) is 0 Å². The van der Waals surface area contributed by atoms with Crippen molar-refractivity contribution >= 4 is 29.2 Å². The smallest absolute Gasteiger partial charge is 0.550 e. The number of hydrogen-bond donors (Lipinski definition) is 1. The number of aliphatic carboxylic acids is 1. The van der Waals surface area contributed by atoms with Crippen LogP contribution >= 0.6 is 0 Å². The molecule has 1 N–H and O–H groups in total. The normalized spacial score (nSPS) is 25.1. The van der Waals surface area contributed by atoms with Gasteiger partial charge in [-0.1, -0.05) is 31.1 Å². The Bertz CT molecular complexity index is 1070. The van der Waals surface area contributed by atoms with Crippen LogP contribution in [0.15, 0.2) is 33.8 Å². The summed E-state index contributed by atoms with van der Waals surface area (Å²) in [4.78, 5) is 54.4. The molecule has 2 aliphatic carbocycles.